The van der Waals surface area contributed by atoms with Crippen LogP contribution in [0.15, 0.2) is 0 Å². The third kappa shape index (κ3) is 6.21. The molecule has 0 amide bonds. The van der Waals surface area contributed by atoms with Crippen LogP contribution in [-0.2, 0) is 4.74 Å². The summed E-state index contributed by atoms with van der Waals surface area (Å²) in [5.74, 6) is 5.91. The topological polar surface area (TPSA) is 21.3 Å². The van der Waals surface area contributed by atoms with Crippen LogP contribution in [0.3, 0.4) is 0 Å². The van der Waals surface area contributed by atoms with Crippen molar-refractivity contribution in [2.45, 2.75) is 32.7 Å². The van der Waals surface area contributed by atoms with Gasteiger partial charge in [-0.3, -0.25) is 0 Å². The van der Waals surface area contributed by atoms with Crippen LogP contribution in [0.2, 0.25) is 0 Å². The molecule has 1 atom stereocenters. The van der Waals surface area contributed by atoms with E-state index in [1.807, 2.05) is 14.0 Å². The molecule has 1 N–H and O–H groups in total. The van der Waals surface area contributed by atoms with Gasteiger partial charge in [-0.05, 0) is 20.4 Å². The Hall–Kier alpha value is -0.520. The maximum Gasteiger partial charge on any atom is 0.0628 e. The highest BCUT2D eigenvalue weighted by molar-refractivity contribution is 4.97. The summed E-state index contributed by atoms with van der Waals surface area (Å²) in [4.78, 5) is 0. The standard InChI is InChI=1S/C10H19NO/c1-4-6-7-10(11-3)9-12-8-5-2/h10-11H,5,7-9H2,1-3H3. The van der Waals surface area contributed by atoms with Gasteiger partial charge in [-0.15, -0.1) is 11.8 Å². The minimum atomic E-state index is 0.379. The van der Waals surface area contributed by atoms with Gasteiger partial charge in [0.05, 0.1) is 6.61 Å². The van der Waals surface area contributed by atoms with Crippen molar-refractivity contribution in [3.8, 4) is 11.8 Å². The summed E-state index contributed by atoms with van der Waals surface area (Å²) < 4.78 is 5.40. The molecule has 0 aliphatic rings. The molecule has 0 aromatic carbocycles. The van der Waals surface area contributed by atoms with Crippen LogP contribution in [0.25, 0.3) is 0 Å². The molecule has 0 aliphatic carbocycles. The van der Waals surface area contributed by atoms with Gasteiger partial charge in [-0.2, -0.15) is 0 Å². The Bertz CT molecular complexity index is 146. The summed E-state index contributed by atoms with van der Waals surface area (Å²) in [6, 6.07) is 0.379. The van der Waals surface area contributed by atoms with E-state index in [0.717, 1.165) is 26.1 Å². The molecule has 0 bridgehead atoms. The average Bonchev–Trinajstić information content (AvgIpc) is 2.11. The van der Waals surface area contributed by atoms with E-state index in [9.17, 15) is 0 Å². The fourth-order valence-electron chi connectivity index (χ4n) is 0.840. The first-order chi connectivity index (χ1) is 5.85. The van der Waals surface area contributed by atoms with Gasteiger partial charge in [0.25, 0.3) is 0 Å². The van der Waals surface area contributed by atoms with Crippen molar-refractivity contribution in [1.29, 1.82) is 0 Å². The summed E-state index contributed by atoms with van der Waals surface area (Å²) in [5.41, 5.74) is 0. The molecule has 12 heavy (non-hydrogen) atoms. The lowest BCUT2D eigenvalue weighted by molar-refractivity contribution is 0.115. The van der Waals surface area contributed by atoms with Crippen LogP contribution in [0.5, 0.6) is 0 Å². The summed E-state index contributed by atoms with van der Waals surface area (Å²) in [6.07, 6.45) is 1.95. The van der Waals surface area contributed by atoms with Crippen LogP contribution < -0.4 is 5.32 Å². The Labute approximate surface area is 75.7 Å². The van der Waals surface area contributed by atoms with Crippen LogP contribution >= 0.6 is 0 Å². The summed E-state index contributed by atoms with van der Waals surface area (Å²) in [5, 5.41) is 3.17. The second-order valence-corrected chi connectivity index (χ2v) is 2.69. The predicted molar refractivity (Wildman–Crippen MR) is 52.0 cm³/mol. The quantitative estimate of drug-likeness (QED) is 0.479. The number of nitrogens with one attached hydrogen (secondary N) is 1. The zero-order valence-corrected chi connectivity index (χ0v) is 8.31. The highest BCUT2D eigenvalue weighted by Crippen LogP contribution is 1.91. The fourth-order valence-corrected chi connectivity index (χ4v) is 0.840. The van der Waals surface area contributed by atoms with Crippen molar-refractivity contribution in [1.82, 2.24) is 5.32 Å². The van der Waals surface area contributed by atoms with Crippen LogP contribution in [0.1, 0.15) is 26.7 Å². The van der Waals surface area contributed by atoms with E-state index in [-0.39, 0.29) is 0 Å². The first kappa shape index (κ1) is 11.5. The average molecular weight is 169 g/mol. The third-order valence-electron chi connectivity index (χ3n) is 1.60. The highest BCUT2D eigenvalue weighted by Gasteiger charge is 2.02. The minimum absolute atomic E-state index is 0.379. The van der Waals surface area contributed by atoms with Crippen LogP contribution in [-0.4, -0.2) is 26.3 Å². The Morgan fingerprint density at radius 3 is 2.75 bits per heavy atom. The number of rotatable bonds is 6. The highest BCUT2D eigenvalue weighted by atomic mass is 16.5. The van der Waals surface area contributed by atoms with Gasteiger partial charge in [-0.1, -0.05) is 6.92 Å². The van der Waals surface area contributed by atoms with E-state index in [4.69, 9.17) is 4.74 Å². The molecule has 0 aromatic heterocycles. The van der Waals surface area contributed by atoms with Crippen molar-refractivity contribution in [3.05, 3.63) is 0 Å². The molecule has 0 rings (SSSR count). The van der Waals surface area contributed by atoms with Gasteiger partial charge in [0.15, 0.2) is 0 Å². The normalized spacial score (nSPS) is 11.9. The van der Waals surface area contributed by atoms with E-state index in [1.54, 1.807) is 0 Å². The molecule has 1 unspecified atom stereocenters. The Morgan fingerprint density at radius 2 is 2.25 bits per heavy atom. The molecule has 70 valence electrons. The second kappa shape index (κ2) is 8.58. The molecule has 0 saturated heterocycles. The van der Waals surface area contributed by atoms with Crippen molar-refractivity contribution in [2.75, 3.05) is 20.3 Å². The Morgan fingerprint density at radius 1 is 1.50 bits per heavy atom. The van der Waals surface area contributed by atoms with Crippen molar-refractivity contribution in [2.24, 2.45) is 0 Å². The SMILES string of the molecule is CC#CCC(COCCC)NC. The predicted octanol–water partition coefficient (Wildman–Crippen LogP) is 1.41. The van der Waals surface area contributed by atoms with E-state index < -0.39 is 0 Å². The molecule has 0 saturated carbocycles. The lowest BCUT2D eigenvalue weighted by Crippen LogP contribution is -2.30. The first-order valence-electron chi connectivity index (χ1n) is 4.49. The zero-order chi connectivity index (χ0) is 9.23. The number of ether oxygens (including phenoxy) is 1. The number of likely N-dealkylation sites (N-methyl/N-ethyl adjacent to an activating group) is 1. The molecular weight excluding hydrogens is 150 g/mol. The minimum Gasteiger partial charge on any atom is -0.380 e. The summed E-state index contributed by atoms with van der Waals surface area (Å²) >= 11 is 0. The van der Waals surface area contributed by atoms with Gasteiger partial charge < -0.3 is 10.1 Å². The van der Waals surface area contributed by atoms with Gasteiger partial charge in [0, 0.05) is 19.1 Å². The Balaban J connectivity index is 3.43. The van der Waals surface area contributed by atoms with Gasteiger partial charge >= 0.3 is 0 Å². The van der Waals surface area contributed by atoms with E-state index in [2.05, 4.69) is 24.1 Å². The summed E-state index contributed by atoms with van der Waals surface area (Å²) in [7, 11) is 1.94. The fraction of sp³-hybridized carbons (Fsp3) is 0.800. The van der Waals surface area contributed by atoms with E-state index >= 15 is 0 Å². The maximum atomic E-state index is 5.40. The van der Waals surface area contributed by atoms with Crippen molar-refractivity contribution < 1.29 is 4.74 Å². The second-order valence-electron chi connectivity index (χ2n) is 2.69. The Kier molecular flexibility index (Phi) is 8.20. The monoisotopic (exact) mass is 169 g/mol. The van der Waals surface area contributed by atoms with E-state index in [0.29, 0.717) is 6.04 Å². The molecule has 0 fully saturated rings. The van der Waals surface area contributed by atoms with Gasteiger partial charge in [0.2, 0.25) is 0 Å². The number of hydrogen-bond donors (Lipinski definition) is 1. The van der Waals surface area contributed by atoms with Crippen LogP contribution in [0, 0.1) is 11.8 Å². The number of hydrogen-bond acceptors (Lipinski definition) is 2. The molecule has 0 radical (unpaired) electrons. The van der Waals surface area contributed by atoms with Crippen LogP contribution in [0.4, 0.5) is 0 Å². The van der Waals surface area contributed by atoms with Crippen molar-refractivity contribution >= 4 is 0 Å². The first-order valence-corrected chi connectivity index (χ1v) is 4.49. The maximum absolute atomic E-state index is 5.40. The lowest BCUT2D eigenvalue weighted by atomic mass is 10.2. The van der Waals surface area contributed by atoms with Gasteiger partial charge in [-0.25, -0.2) is 0 Å². The third-order valence-corrected chi connectivity index (χ3v) is 1.60. The molecule has 0 aliphatic heterocycles. The largest absolute Gasteiger partial charge is 0.380 e. The molecule has 0 heterocycles. The molecule has 2 heteroatoms. The molecular formula is C10H19NO. The van der Waals surface area contributed by atoms with Gasteiger partial charge in [0.1, 0.15) is 0 Å². The smallest absolute Gasteiger partial charge is 0.0628 e. The van der Waals surface area contributed by atoms with Crippen molar-refractivity contribution in [3.63, 3.8) is 0 Å². The zero-order valence-electron chi connectivity index (χ0n) is 8.31. The molecule has 0 spiro atoms. The summed E-state index contributed by atoms with van der Waals surface area (Å²) in [6.45, 7) is 5.58. The lowest BCUT2D eigenvalue weighted by Gasteiger charge is -2.12. The molecule has 2 nitrogen and oxygen atoms in total. The molecule has 0 aromatic rings. The van der Waals surface area contributed by atoms with E-state index in [1.165, 1.54) is 0 Å².